The van der Waals surface area contributed by atoms with Crippen LogP contribution in [0.1, 0.15) is 25.5 Å². The molecule has 176 valence electrons. The number of benzene rings is 1. The topological polar surface area (TPSA) is 91.8 Å². The lowest BCUT2D eigenvalue weighted by atomic mass is 9.93. The average molecular weight is 502 g/mol. The van der Waals surface area contributed by atoms with E-state index in [4.69, 9.17) is 27.9 Å². The molecule has 0 unspecified atom stereocenters. The smallest absolute Gasteiger partial charge is 0.225 e. The molecular formula is C23H22Cl2FN7O. The van der Waals surface area contributed by atoms with E-state index in [1.165, 1.54) is 18.5 Å². The maximum absolute atomic E-state index is 14.8. The molecule has 0 amide bonds. The predicted octanol–water partition coefficient (Wildman–Crippen LogP) is 4.80. The minimum atomic E-state index is -0.604. The first-order valence-electron chi connectivity index (χ1n) is 10.7. The Hall–Kier alpha value is -3.01. The van der Waals surface area contributed by atoms with Crippen LogP contribution in [-0.2, 0) is 0 Å². The maximum atomic E-state index is 14.8. The highest BCUT2D eigenvalue weighted by Crippen LogP contribution is 2.36. The van der Waals surface area contributed by atoms with E-state index in [1.54, 1.807) is 25.4 Å². The van der Waals surface area contributed by atoms with E-state index in [0.717, 1.165) is 13.1 Å². The molecule has 1 saturated heterocycles. The van der Waals surface area contributed by atoms with Gasteiger partial charge in [0.1, 0.15) is 11.8 Å². The molecule has 2 N–H and O–H groups in total. The van der Waals surface area contributed by atoms with Gasteiger partial charge in [-0.2, -0.15) is 5.10 Å². The van der Waals surface area contributed by atoms with E-state index in [0.29, 0.717) is 43.7 Å². The van der Waals surface area contributed by atoms with Gasteiger partial charge in [0.25, 0.3) is 0 Å². The summed E-state index contributed by atoms with van der Waals surface area (Å²) in [6.45, 7) is 5.56. The fourth-order valence-electron chi connectivity index (χ4n) is 4.09. The lowest BCUT2D eigenvalue weighted by molar-refractivity contribution is 0.217. The molecule has 0 radical (unpaired) electrons. The number of halogens is 3. The largest absolute Gasteiger partial charge is 0.483 e. The van der Waals surface area contributed by atoms with Crippen LogP contribution in [0.15, 0.2) is 36.9 Å². The van der Waals surface area contributed by atoms with Crippen LogP contribution >= 0.6 is 23.2 Å². The first kappa shape index (κ1) is 22.8. The number of anilines is 1. The van der Waals surface area contributed by atoms with E-state index < -0.39 is 11.9 Å². The van der Waals surface area contributed by atoms with Crippen molar-refractivity contribution in [2.45, 2.75) is 25.5 Å². The highest BCUT2D eigenvalue weighted by Gasteiger charge is 2.38. The third-order valence-corrected chi connectivity index (χ3v) is 6.70. The monoisotopic (exact) mass is 501 g/mol. The van der Waals surface area contributed by atoms with E-state index in [1.807, 2.05) is 7.05 Å². The zero-order valence-electron chi connectivity index (χ0n) is 18.7. The maximum Gasteiger partial charge on any atom is 0.225 e. The third-order valence-electron chi connectivity index (χ3n) is 6.09. The number of hydrogen-bond acceptors (Lipinski definition) is 7. The number of H-pyrrole nitrogens is 1. The Kier molecular flexibility index (Phi) is 5.79. The Bertz CT molecular complexity index is 1340. The van der Waals surface area contributed by atoms with E-state index in [-0.39, 0.29) is 11.3 Å². The van der Waals surface area contributed by atoms with Gasteiger partial charge in [-0.25, -0.2) is 14.4 Å². The molecule has 0 spiro atoms. The van der Waals surface area contributed by atoms with Gasteiger partial charge >= 0.3 is 0 Å². The van der Waals surface area contributed by atoms with Crippen molar-refractivity contribution in [1.29, 1.82) is 0 Å². The lowest BCUT2D eigenvalue weighted by Crippen LogP contribution is -2.67. The molecule has 11 heteroatoms. The van der Waals surface area contributed by atoms with Crippen LogP contribution in [0.4, 0.5) is 10.3 Å². The van der Waals surface area contributed by atoms with Gasteiger partial charge in [0.15, 0.2) is 11.6 Å². The van der Waals surface area contributed by atoms with Crippen molar-refractivity contribution >= 4 is 40.1 Å². The Morgan fingerprint density at radius 1 is 1.15 bits per heavy atom. The SMILES string of the molecule is CNC1(C)CN(c2ncc(-c3n[nH]c4cc(F)c(O[C@H](C)c5c(Cl)cncc5Cl)cc34)cn2)C1. The number of pyridine rings is 1. The zero-order valence-corrected chi connectivity index (χ0v) is 20.2. The van der Waals surface area contributed by atoms with Crippen molar-refractivity contribution in [2.75, 3.05) is 25.0 Å². The van der Waals surface area contributed by atoms with Gasteiger partial charge in [0.05, 0.1) is 21.1 Å². The van der Waals surface area contributed by atoms with Gasteiger partial charge in [-0.1, -0.05) is 23.2 Å². The predicted molar refractivity (Wildman–Crippen MR) is 130 cm³/mol. The summed E-state index contributed by atoms with van der Waals surface area (Å²) in [5.41, 5.74) is 2.45. The Morgan fingerprint density at radius 3 is 2.47 bits per heavy atom. The Morgan fingerprint density at radius 2 is 1.82 bits per heavy atom. The van der Waals surface area contributed by atoms with Crippen molar-refractivity contribution in [2.24, 2.45) is 0 Å². The van der Waals surface area contributed by atoms with E-state index in [2.05, 4.69) is 42.3 Å². The summed E-state index contributed by atoms with van der Waals surface area (Å²) < 4.78 is 20.7. The van der Waals surface area contributed by atoms with Crippen molar-refractivity contribution in [3.05, 3.63) is 58.3 Å². The van der Waals surface area contributed by atoms with Crippen molar-refractivity contribution in [1.82, 2.24) is 30.5 Å². The fourth-order valence-corrected chi connectivity index (χ4v) is 4.76. The molecule has 1 aromatic carbocycles. The molecule has 0 saturated carbocycles. The van der Waals surface area contributed by atoms with Gasteiger partial charge in [0, 0.05) is 60.5 Å². The lowest BCUT2D eigenvalue weighted by Gasteiger charge is -2.47. The van der Waals surface area contributed by atoms with Gasteiger partial charge in [-0.15, -0.1) is 0 Å². The molecule has 1 fully saturated rings. The molecule has 1 aliphatic rings. The first-order chi connectivity index (χ1) is 16.3. The van der Waals surface area contributed by atoms with Crippen LogP contribution in [0, 0.1) is 5.82 Å². The molecule has 3 aromatic heterocycles. The highest BCUT2D eigenvalue weighted by molar-refractivity contribution is 6.35. The van der Waals surface area contributed by atoms with Crippen molar-refractivity contribution in [3.63, 3.8) is 0 Å². The molecule has 1 aliphatic heterocycles. The summed E-state index contributed by atoms with van der Waals surface area (Å²) in [6.07, 6.45) is 5.78. The number of nitrogens with one attached hydrogen (secondary N) is 2. The first-order valence-corrected chi connectivity index (χ1v) is 11.4. The number of hydrogen-bond donors (Lipinski definition) is 2. The summed E-state index contributed by atoms with van der Waals surface area (Å²) in [7, 11) is 1.95. The number of aromatic nitrogens is 5. The number of ether oxygens (including phenoxy) is 1. The highest BCUT2D eigenvalue weighted by atomic mass is 35.5. The van der Waals surface area contributed by atoms with E-state index in [9.17, 15) is 4.39 Å². The quantitative estimate of drug-likeness (QED) is 0.392. The molecule has 0 bridgehead atoms. The number of fused-ring (bicyclic) bond motifs is 1. The zero-order chi connectivity index (χ0) is 24.0. The van der Waals surface area contributed by atoms with Crippen LogP contribution in [-0.4, -0.2) is 50.8 Å². The van der Waals surface area contributed by atoms with Crippen LogP contribution in [0.5, 0.6) is 5.75 Å². The number of likely N-dealkylation sites (N-methyl/N-ethyl adjacent to an activating group) is 1. The normalized spacial score (nSPS) is 15.9. The standard InChI is InChI=1S/C23H22Cl2FN7O/c1-12(20-15(24)8-28-9-16(20)25)34-19-4-14-18(5-17(19)26)31-32-21(14)13-6-29-22(30-7-13)33-10-23(2,11-33)27-3/h4-9,12,27H,10-11H2,1-3H3,(H,31,32)/t12-/m1/s1. The molecule has 1 atom stereocenters. The van der Waals surface area contributed by atoms with Crippen LogP contribution in [0.25, 0.3) is 22.2 Å². The van der Waals surface area contributed by atoms with Gasteiger partial charge < -0.3 is 15.0 Å². The average Bonchev–Trinajstić information content (AvgIpc) is 3.19. The van der Waals surface area contributed by atoms with Gasteiger partial charge in [-0.05, 0) is 27.0 Å². The van der Waals surface area contributed by atoms with E-state index >= 15 is 0 Å². The number of nitrogens with zero attached hydrogens (tertiary/aromatic N) is 5. The van der Waals surface area contributed by atoms with Gasteiger partial charge in [-0.3, -0.25) is 10.1 Å². The summed E-state index contributed by atoms with van der Waals surface area (Å²) >= 11 is 12.5. The molecule has 8 nitrogen and oxygen atoms in total. The van der Waals surface area contributed by atoms with Crippen LogP contribution in [0.2, 0.25) is 10.0 Å². The third kappa shape index (κ3) is 4.04. The molecule has 5 rings (SSSR count). The molecule has 0 aliphatic carbocycles. The summed E-state index contributed by atoms with van der Waals surface area (Å²) in [6, 6.07) is 2.95. The number of aromatic amines is 1. The molecule has 34 heavy (non-hydrogen) atoms. The minimum absolute atomic E-state index is 0.0519. The summed E-state index contributed by atoms with van der Waals surface area (Å²) in [4.78, 5) is 15.0. The second kappa shape index (κ2) is 8.65. The van der Waals surface area contributed by atoms with Crippen LogP contribution < -0.4 is 15.0 Å². The second-order valence-corrected chi connectivity index (χ2v) is 9.43. The Balaban J connectivity index is 1.42. The Labute approximate surface area is 205 Å². The second-order valence-electron chi connectivity index (χ2n) is 8.62. The summed E-state index contributed by atoms with van der Waals surface area (Å²) in [5, 5.41) is 11.9. The summed E-state index contributed by atoms with van der Waals surface area (Å²) in [5.74, 6) is 0.176. The molecule has 4 heterocycles. The molecular weight excluding hydrogens is 480 g/mol. The van der Waals surface area contributed by atoms with Crippen molar-refractivity contribution in [3.8, 4) is 17.0 Å². The van der Waals surface area contributed by atoms with Crippen molar-refractivity contribution < 1.29 is 9.13 Å². The fraction of sp³-hybridized carbons (Fsp3) is 0.304. The van der Waals surface area contributed by atoms with Crippen LogP contribution in [0.3, 0.4) is 0 Å². The van der Waals surface area contributed by atoms with Gasteiger partial charge in [0.2, 0.25) is 5.95 Å². The minimum Gasteiger partial charge on any atom is -0.483 e. The number of rotatable bonds is 6. The molecule has 4 aromatic rings.